The summed E-state index contributed by atoms with van der Waals surface area (Å²) in [6, 6.07) is 0.415. The van der Waals surface area contributed by atoms with Crippen molar-refractivity contribution in [2.45, 2.75) is 57.4 Å². The predicted molar refractivity (Wildman–Crippen MR) is 69.7 cm³/mol. The van der Waals surface area contributed by atoms with Gasteiger partial charge >= 0.3 is 0 Å². The average molecular weight is 260 g/mol. The summed E-state index contributed by atoms with van der Waals surface area (Å²) in [5.41, 5.74) is 5.85. The number of piperidine rings is 1. The molecule has 1 saturated heterocycles. The molecular weight excluding hydrogens is 234 g/mol. The zero-order valence-corrected chi connectivity index (χ0v) is 11.4. The second kappa shape index (κ2) is 5.83. The molecule has 2 rings (SSSR count). The fourth-order valence-corrected chi connectivity index (χ4v) is 3.57. The maximum absolute atomic E-state index is 13.2. The smallest absolute Gasteiger partial charge is 0.248 e. The van der Waals surface area contributed by atoms with E-state index in [9.17, 15) is 8.78 Å². The van der Waals surface area contributed by atoms with Crippen molar-refractivity contribution in [1.29, 1.82) is 0 Å². The lowest BCUT2D eigenvalue weighted by Gasteiger charge is -2.40. The number of hydrogen-bond acceptors (Lipinski definition) is 2. The van der Waals surface area contributed by atoms with E-state index in [1.54, 1.807) is 0 Å². The molecule has 0 aromatic heterocycles. The molecule has 1 heterocycles. The van der Waals surface area contributed by atoms with Gasteiger partial charge in [-0.15, -0.1) is 0 Å². The van der Waals surface area contributed by atoms with Crippen molar-refractivity contribution in [3.05, 3.63) is 0 Å². The van der Waals surface area contributed by atoms with Gasteiger partial charge in [0.1, 0.15) is 0 Å². The third-order valence-corrected chi connectivity index (χ3v) is 4.79. The monoisotopic (exact) mass is 260 g/mol. The summed E-state index contributed by atoms with van der Waals surface area (Å²) in [6.07, 6.45) is 4.41. The van der Waals surface area contributed by atoms with Crippen LogP contribution in [0, 0.1) is 11.8 Å². The number of halogens is 2. The standard InChI is InChI=1S/C14H26F2N2/c1-2-11-4-6-18(13(7-11)9-17)10-12-3-5-14(15,16)8-12/h11-13H,2-10,17H2,1H3. The molecule has 1 aliphatic carbocycles. The fourth-order valence-electron chi connectivity index (χ4n) is 3.57. The first kappa shape index (κ1) is 14.2. The van der Waals surface area contributed by atoms with E-state index in [1.165, 1.54) is 12.8 Å². The Morgan fingerprint density at radius 1 is 1.28 bits per heavy atom. The Labute approximate surface area is 109 Å². The van der Waals surface area contributed by atoms with Crippen LogP contribution in [-0.2, 0) is 0 Å². The topological polar surface area (TPSA) is 29.3 Å². The van der Waals surface area contributed by atoms with Crippen LogP contribution in [0.1, 0.15) is 45.4 Å². The van der Waals surface area contributed by atoms with Gasteiger partial charge < -0.3 is 5.73 Å². The van der Waals surface area contributed by atoms with Gasteiger partial charge in [-0.05, 0) is 37.6 Å². The molecule has 0 amide bonds. The summed E-state index contributed by atoms with van der Waals surface area (Å²) in [6.45, 7) is 4.77. The Morgan fingerprint density at radius 3 is 2.61 bits per heavy atom. The Kier molecular flexibility index (Phi) is 4.59. The number of nitrogens with two attached hydrogens (primary N) is 1. The van der Waals surface area contributed by atoms with Crippen LogP contribution < -0.4 is 5.73 Å². The lowest BCUT2D eigenvalue weighted by atomic mass is 9.88. The largest absolute Gasteiger partial charge is 0.329 e. The summed E-state index contributed by atoms with van der Waals surface area (Å²) in [7, 11) is 0. The van der Waals surface area contributed by atoms with E-state index in [0.29, 0.717) is 19.0 Å². The van der Waals surface area contributed by atoms with Gasteiger partial charge in [0, 0.05) is 32.0 Å². The van der Waals surface area contributed by atoms with Crippen LogP contribution in [0.15, 0.2) is 0 Å². The van der Waals surface area contributed by atoms with Crippen molar-refractivity contribution in [3.63, 3.8) is 0 Å². The van der Waals surface area contributed by atoms with Gasteiger partial charge in [-0.2, -0.15) is 0 Å². The molecule has 2 N–H and O–H groups in total. The highest BCUT2D eigenvalue weighted by Crippen LogP contribution is 2.40. The van der Waals surface area contributed by atoms with E-state index in [1.807, 2.05) is 0 Å². The SMILES string of the molecule is CCC1CCN(CC2CCC(F)(F)C2)C(CN)C1. The summed E-state index contributed by atoms with van der Waals surface area (Å²) in [5, 5.41) is 0. The quantitative estimate of drug-likeness (QED) is 0.842. The average Bonchev–Trinajstić information content (AvgIpc) is 2.69. The van der Waals surface area contributed by atoms with Gasteiger partial charge in [0.25, 0.3) is 0 Å². The lowest BCUT2D eigenvalue weighted by molar-refractivity contribution is 0.00129. The number of hydrogen-bond donors (Lipinski definition) is 1. The number of alkyl halides is 2. The van der Waals surface area contributed by atoms with Crippen LogP contribution in [-0.4, -0.2) is 36.5 Å². The van der Waals surface area contributed by atoms with Crippen molar-refractivity contribution < 1.29 is 8.78 Å². The molecule has 0 aromatic rings. The van der Waals surface area contributed by atoms with Crippen LogP contribution in [0.5, 0.6) is 0 Å². The molecular formula is C14H26F2N2. The maximum Gasteiger partial charge on any atom is 0.248 e. The Bertz CT molecular complexity index is 271. The second-order valence-electron chi connectivity index (χ2n) is 6.15. The molecule has 4 heteroatoms. The molecule has 0 bridgehead atoms. The minimum atomic E-state index is -2.41. The first-order chi connectivity index (χ1) is 8.54. The maximum atomic E-state index is 13.2. The third-order valence-electron chi connectivity index (χ3n) is 4.79. The van der Waals surface area contributed by atoms with E-state index in [2.05, 4.69) is 11.8 Å². The van der Waals surface area contributed by atoms with E-state index < -0.39 is 5.92 Å². The highest BCUT2D eigenvalue weighted by Gasteiger charge is 2.40. The van der Waals surface area contributed by atoms with E-state index >= 15 is 0 Å². The van der Waals surface area contributed by atoms with Gasteiger partial charge in [0.2, 0.25) is 5.92 Å². The molecule has 2 fully saturated rings. The van der Waals surface area contributed by atoms with Crippen molar-refractivity contribution in [1.82, 2.24) is 4.90 Å². The van der Waals surface area contributed by atoms with Gasteiger partial charge in [-0.25, -0.2) is 8.78 Å². The van der Waals surface area contributed by atoms with Gasteiger partial charge in [0.05, 0.1) is 0 Å². The normalized spacial score (nSPS) is 37.0. The molecule has 1 aliphatic heterocycles. The van der Waals surface area contributed by atoms with E-state index in [4.69, 9.17) is 5.73 Å². The Morgan fingerprint density at radius 2 is 2.06 bits per heavy atom. The molecule has 3 atom stereocenters. The molecule has 18 heavy (non-hydrogen) atoms. The van der Waals surface area contributed by atoms with Crippen LogP contribution in [0.25, 0.3) is 0 Å². The summed E-state index contributed by atoms with van der Waals surface area (Å²) in [5.74, 6) is -1.46. The van der Waals surface area contributed by atoms with E-state index in [0.717, 1.165) is 25.4 Å². The minimum Gasteiger partial charge on any atom is -0.329 e. The van der Waals surface area contributed by atoms with Crippen molar-refractivity contribution >= 4 is 0 Å². The summed E-state index contributed by atoms with van der Waals surface area (Å²) in [4.78, 5) is 2.37. The molecule has 0 spiro atoms. The predicted octanol–water partition coefficient (Wildman–Crippen LogP) is 2.87. The van der Waals surface area contributed by atoms with Crippen molar-refractivity contribution in [3.8, 4) is 0 Å². The first-order valence-electron chi connectivity index (χ1n) is 7.36. The highest BCUT2D eigenvalue weighted by molar-refractivity contribution is 4.87. The molecule has 1 saturated carbocycles. The van der Waals surface area contributed by atoms with Gasteiger partial charge in [-0.1, -0.05) is 13.3 Å². The zero-order chi connectivity index (χ0) is 13.2. The summed E-state index contributed by atoms with van der Waals surface area (Å²) >= 11 is 0. The number of nitrogens with zero attached hydrogens (tertiary/aromatic N) is 1. The lowest BCUT2D eigenvalue weighted by Crippen LogP contribution is -2.48. The number of likely N-dealkylation sites (tertiary alicyclic amines) is 1. The van der Waals surface area contributed by atoms with Crippen LogP contribution >= 0.6 is 0 Å². The second-order valence-corrected chi connectivity index (χ2v) is 6.15. The molecule has 2 nitrogen and oxygen atoms in total. The Balaban J connectivity index is 1.85. The van der Waals surface area contributed by atoms with Crippen molar-refractivity contribution in [2.24, 2.45) is 17.6 Å². The zero-order valence-electron chi connectivity index (χ0n) is 11.4. The molecule has 106 valence electrons. The van der Waals surface area contributed by atoms with Crippen molar-refractivity contribution in [2.75, 3.05) is 19.6 Å². The first-order valence-corrected chi connectivity index (χ1v) is 7.36. The van der Waals surface area contributed by atoms with Gasteiger partial charge in [-0.3, -0.25) is 4.90 Å². The highest BCUT2D eigenvalue weighted by atomic mass is 19.3. The third kappa shape index (κ3) is 3.41. The fraction of sp³-hybridized carbons (Fsp3) is 1.00. The molecule has 2 aliphatic rings. The van der Waals surface area contributed by atoms with Crippen LogP contribution in [0.2, 0.25) is 0 Å². The molecule has 0 aromatic carbocycles. The molecule has 3 unspecified atom stereocenters. The van der Waals surface area contributed by atoms with Crippen LogP contribution in [0.4, 0.5) is 8.78 Å². The minimum absolute atomic E-state index is 0.0797. The van der Waals surface area contributed by atoms with E-state index in [-0.39, 0.29) is 18.8 Å². The van der Waals surface area contributed by atoms with Gasteiger partial charge in [0.15, 0.2) is 0 Å². The summed E-state index contributed by atoms with van der Waals surface area (Å²) < 4.78 is 26.4. The Hall–Kier alpha value is -0.220. The molecule has 0 radical (unpaired) electrons. The number of rotatable bonds is 4. The van der Waals surface area contributed by atoms with Crippen LogP contribution in [0.3, 0.4) is 0 Å².